The van der Waals surface area contributed by atoms with Gasteiger partial charge in [-0.05, 0) is 23.9 Å². The molecular formula is C18H22N2O3S. The molecule has 0 aliphatic carbocycles. The van der Waals surface area contributed by atoms with E-state index in [1.807, 2.05) is 42.6 Å². The third-order valence-electron chi connectivity index (χ3n) is 3.69. The van der Waals surface area contributed by atoms with Crippen LogP contribution in [-0.2, 0) is 11.2 Å². The van der Waals surface area contributed by atoms with Gasteiger partial charge in [0.05, 0.1) is 11.5 Å². The van der Waals surface area contributed by atoms with Crippen LogP contribution < -0.4 is 5.32 Å². The zero-order valence-corrected chi connectivity index (χ0v) is 14.5. The van der Waals surface area contributed by atoms with Crippen LogP contribution in [0, 0.1) is 0 Å². The number of carbonyl (C=O) groups excluding carboxylic acids is 2. The zero-order chi connectivity index (χ0) is 17.4. The monoisotopic (exact) mass is 346 g/mol. The summed E-state index contributed by atoms with van der Waals surface area (Å²) in [7, 11) is 0. The molecule has 128 valence electrons. The number of hydrogen-bond donors (Lipinski definition) is 2. The largest absolute Gasteiger partial charge is 0.395 e. The number of aliphatic hydroxyl groups is 1. The minimum absolute atomic E-state index is 0.101. The first-order valence-corrected chi connectivity index (χ1v) is 8.81. The molecule has 0 fully saturated rings. The Morgan fingerprint density at radius 2 is 1.96 bits per heavy atom. The fraction of sp³-hybridized carbons (Fsp3) is 0.333. The van der Waals surface area contributed by atoms with E-state index < -0.39 is 6.04 Å². The molecule has 2 amide bonds. The summed E-state index contributed by atoms with van der Waals surface area (Å²) in [4.78, 5) is 27.3. The normalized spacial score (nSPS) is 11.8. The minimum atomic E-state index is -0.659. The Balaban J connectivity index is 2.16. The number of rotatable bonds is 8. The van der Waals surface area contributed by atoms with E-state index in [1.54, 1.807) is 17.0 Å². The van der Waals surface area contributed by atoms with Crippen molar-refractivity contribution in [1.82, 2.24) is 10.2 Å². The molecule has 0 aliphatic rings. The quantitative estimate of drug-likeness (QED) is 0.767. The van der Waals surface area contributed by atoms with Gasteiger partial charge in [-0.3, -0.25) is 9.59 Å². The van der Waals surface area contributed by atoms with Crippen molar-refractivity contribution in [2.75, 3.05) is 19.7 Å². The molecule has 1 aromatic carbocycles. The first-order valence-electron chi connectivity index (χ1n) is 7.93. The summed E-state index contributed by atoms with van der Waals surface area (Å²) in [6.07, 6.45) is 0.415. The van der Waals surface area contributed by atoms with E-state index in [4.69, 9.17) is 5.11 Å². The van der Waals surface area contributed by atoms with Gasteiger partial charge in [0.2, 0.25) is 5.91 Å². The van der Waals surface area contributed by atoms with Gasteiger partial charge in [0.15, 0.2) is 0 Å². The topological polar surface area (TPSA) is 69.6 Å². The fourth-order valence-corrected chi connectivity index (χ4v) is 3.08. The lowest BCUT2D eigenvalue weighted by atomic mass is 10.0. The minimum Gasteiger partial charge on any atom is -0.395 e. The second-order valence-electron chi connectivity index (χ2n) is 5.33. The van der Waals surface area contributed by atoms with E-state index in [2.05, 4.69) is 5.32 Å². The molecule has 0 saturated carbocycles. The first kappa shape index (κ1) is 18.2. The molecule has 1 heterocycles. The third kappa shape index (κ3) is 4.91. The molecule has 0 bridgehead atoms. The Bertz CT molecular complexity index is 644. The van der Waals surface area contributed by atoms with Crippen molar-refractivity contribution in [3.63, 3.8) is 0 Å². The number of nitrogens with one attached hydrogen (secondary N) is 1. The van der Waals surface area contributed by atoms with Crippen LogP contribution in [0.3, 0.4) is 0 Å². The summed E-state index contributed by atoms with van der Waals surface area (Å²) < 4.78 is 0. The highest BCUT2D eigenvalue weighted by atomic mass is 32.1. The molecule has 0 saturated heterocycles. The van der Waals surface area contributed by atoms with Gasteiger partial charge in [-0.25, -0.2) is 0 Å². The molecule has 24 heavy (non-hydrogen) atoms. The average Bonchev–Trinajstić information content (AvgIpc) is 3.14. The number of thiophene rings is 1. The molecule has 2 rings (SSSR count). The van der Waals surface area contributed by atoms with Crippen molar-refractivity contribution in [2.45, 2.75) is 19.4 Å². The zero-order valence-electron chi connectivity index (χ0n) is 13.6. The first-order chi connectivity index (χ1) is 11.7. The molecule has 0 spiro atoms. The molecule has 2 N–H and O–H groups in total. The summed E-state index contributed by atoms with van der Waals surface area (Å²) in [5, 5.41) is 13.8. The highest BCUT2D eigenvalue weighted by molar-refractivity contribution is 7.12. The highest BCUT2D eigenvalue weighted by Crippen LogP contribution is 2.11. The van der Waals surface area contributed by atoms with Crippen molar-refractivity contribution >= 4 is 23.2 Å². The smallest absolute Gasteiger partial charge is 0.262 e. The van der Waals surface area contributed by atoms with Gasteiger partial charge in [-0.15, -0.1) is 11.3 Å². The van der Waals surface area contributed by atoms with E-state index in [-0.39, 0.29) is 25.0 Å². The van der Waals surface area contributed by atoms with E-state index in [0.29, 0.717) is 17.8 Å². The lowest BCUT2D eigenvalue weighted by Crippen LogP contribution is -2.50. The van der Waals surface area contributed by atoms with E-state index in [1.165, 1.54) is 11.3 Å². The molecule has 6 heteroatoms. The maximum absolute atomic E-state index is 12.8. The number of likely N-dealkylation sites (N-methyl/N-ethyl adjacent to an activating group) is 1. The predicted octanol–water partition coefficient (Wildman–Crippen LogP) is 1.93. The van der Waals surface area contributed by atoms with Crippen LogP contribution in [-0.4, -0.2) is 47.6 Å². The Morgan fingerprint density at radius 1 is 1.21 bits per heavy atom. The van der Waals surface area contributed by atoms with Gasteiger partial charge in [0.1, 0.15) is 6.04 Å². The third-order valence-corrected chi connectivity index (χ3v) is 4.56. The fourth-order valence-electron chi connectivity index (χ4n) is 2.45. The highest BCUT2D eigenvalue weighted by Gasteiger charge is 2.26. The number of aliphatic hydroxyl groups excluding tert-OH is 1. The molecule has 0 aliphatic heterocycles. The Kier molecular flexibility index (Phi) is 6.96. The predicted molar refractivity (Wildman–Crippen MR) is 95.1 cm³/mol. The average molecular weight is 346 g/mol. The Morgan fingerprint density at radius 3 is 2.54 bits per heavy atom. The lowest BCUT2D eigenvalue weighted by Gasteiger charge is -2.26. The summed E-state index contributed by atoms with van der Waals surface area (Å²) in [5.74, 6) is -0.431. The van der Waals surface area contributed by atoms with Crippen molar-refractivity contribution in [2.24, 2.45) is 0 Å². The summed E-state index contributed by atoms with van der Waals surface area (Å²) in [6, 6.07) is 12.5. The summed E-state index contributed by atoms with van der Waals surface area (Å²) in [6.45, 7) is 2.50. The van der Waals surface area contributed by atoms with Crippen molar-refractivity contribution in [3.05, 3.63) is 58.3 Å². The number of benzene rings is 1. The second kappa shape index (κ2) is 9.20. The van der Waals surface area contributed by atoms with Gasteiger partial charge in [0.25, 0.3) is 5.91 Å². The molecule has 1 aromatic heterocycles. The summed E-state index contributed by atoms with van der Waals surface area (Å²) >= 11 is 1.34. The van der Waals surface area contributed by atoms with Crippen molar-refractivity contribution in [1.29, 1.82) is 0 Å². The van der Waals surface area contributed by atoms with Gasteiger partial charge < -0.3 is 15.3 Å². The maximum atomic E-state index is 12.8. The summed E-state index contributed by atoms with van der Waals surface area (Å²) in [5.41, 5.74) is 0.974. The van der Waals surface area contributed by atoms with Crippen LogP contribution >= 0.6 is 11.3 Å². The van der Waals surface area contributed by atoms with Gasteiger partial charge in [-0.1, -0.05) is 36.4 Å². The van der Waals surface area contributed by atoms with E-state index in [0.717, 1.165) is 5.56 Å². The molecular weight excluding hydrogens is 324 g/mol. The molecule has 1 unspecified atom stereocenters. The molecule has 0 radical (unpaired) electrons. The van der Waals surface area contributed by atoms with E-state index >= 15 is 0 Å². The number of amides is 2. The van der Waals surface area contributed by atoms with Gasteiger partial charge >= 0.3 is 0 Å². The van der Waals surface area contributed by atoms with Crippen molar-refractivity contribution in [3.8, 4) is 0 Å². The van der Waals surface area contributed by atoms with Gasteiger partial charge in [0, 0.05) is 19.5 Å². The van der Waals surface area contributed by atoms with Gasteiger partial charge in [-0.2, -0.15) is 0 Å². The van der Waals surface area contributed by atoms with Crippen LogP contribution in [0.2, 0.25) is 0 Å². The van der Waals surface area contributed by atoms with Crippen LogP contribution in [0.5, 0.6) is 0 Å². The molecule has 1 atom stereocenters. The number of nitrogens with zero attached hydrogens (tertiary/aromatic N) is 1. The van der Waals surface area contributed by atoms with Crippen LogP contribution in [0.4, 0.5) is 0 Å². The van der Waals surface area contributed by atoms with Crippen LogP contribution in [0.25, 0.3) is 0 Å². The second-order valence-corrected chi connectivity index (χ2v) is 6.28. The van der Waals surface area contributed by atoms with Crippen LogP contribution in [0.1, 0.15) is 22.2 Å². The number of carbonyl (C=O) groups is 2. The standard InChI is InChI=1S/C18H22N2O3S/c1-2-20(10-11-21)18(23)15(13-14-7-4-3-5-8-14)19-17(22)16-9-6-12-24-16/h3-9,12,15,21H,2,10-11,13H2,1H3,(H,19,22). The molecule has 2 aromatic rings. The lowest BCUT2D eigenvalue weighted by molar-refractivity contribution is -0.133. The van der Waals surface area contributed by atoms with Crippen molar-refractivity contribution < 1.29 is 14.7 Å². The number of hydrogen-bond acceptors (Lipinski definition) is 4. The van der Waals surface area contributed by atoms with Crippen LogP contribution in [0.15, 0.2) is 47.8 Å². The Labute approximate surface area is 145 Å². The molecule has 5 nitrogen and oxygen atoms in total. The van der Waals surface area contributed by atoms with E-state index in [9.17, 15) is 9.59 Å². The maximum Gasteiger partial charge on any atom is 0.262 e. The SMILES string of the molecule is CCN(CCO)C(=O)C(Cc1ccccc1)NC(=O)c1cccs1. The Hall–Kier alpha value is -2.18.